The van der Waals surface area contributed by atoms with Crippen molar-refractivity contribution in [2.24, 2.45) is 5.92 Å². The van der Waals surface area contributed by atoms with Crippen molar-refractivity contribution >= 4 is 11.6 Å². The first-order valence-electron chi connectivity index (χ1n) is 6.36. The SMILES string of the molecule is CCC(CNC1CC1)Cc1ccc(Cl)c(F)c1. The van der Waals surface area contributed by atoms with Gasteiger partial charge in [0.05, 0.1) is 5.02 Å². The maximum Gasteiger partial charge on any atom is 0.142 e. The normalized spacial score (nSPS) is 17.1. The molecule has 1 aromatic rings. The van der Waals surface area contributed by atoms with E-state index in [2.05, 4.69) is 12.2 Å². The molecule has 1 aliphatic carbocycles. The number of hydrogen-bond acceptors (Lipinski definition) is 1. The second-order valence-electron chi connectivity index (χ2n) is 4.91. The van der Waals surface area contributed by atoms with E-state index in [0.717, 1.165) is 31.0 Å². The molecular weight excluding hydrogens is 237 g/mol. The average molecular weight is 256 g/mol. The summed E-state index contributed by atoms with van der Waals surface area (Å²) in [6, 6.07) is 5.87. The lowest BCUT2D eigenvalue weighted by Crippen LogP contribution is -2.25. The molecule has 1 aliphatic rings. The summed E-state index contributed by atoms with van der Waals surface area (Å²) in [5.74, 6) is 0.269. The van der Waals surface area contributed by atoms with Crippen LogP contribution in [0.4, 0.5) is 4.39 Å². The fourth-order valence-corrected chi connectivity index (χ4v) is 2.10. The monoisotopic (exact) mass is 255 g/mol. The van der Waals surface area contributed by atoms with Gasteiger partial charge in [-0.15, -0.1) is 0 Å². The standard InChI is InChI=1S/C14H19ClFN/c1-2-10(9-17-12-4-5-12)7-11-3-6-13(15)14(16)8-11/h3,6,8,10,12,17H,2,4-5,7,9H2,1H3. The van der Waals surface area contributed by atoms with Crippen LogP contribution in [0, 0.1) is 11.7 Å². The molecule has 0 heterocycles. The number of rotatable bonds is 6. The molecule has 0 aliphatic heterocycles. The molecule has 1 unspecified atom stereocenters. The van der Waals surface area contributed by atoms with Crippen LogP contribution in [0.5, 0.6) is 0 Å². The van der Waals surface area contributed by atoms with Crippen molar-refractivity contribution in [1.82, 2.24) is 5.32 Å². The van der Waals surface area contributed by atoms with E-state index in [1.165, 1.54) is 12.8 Å². The maximum absolute atomic E-state index is 13.3. The number of hydrogen-bond donors (Lipinski definition) is 1. The zero-order valence-corrected chi connectivity index (χ0v) is 10.9. The Kier molecular flexibility index (Phi) is 4.41. The molecule has 0 amide bonds. The molecule has 0 saturated heterocycles. The van der Waals surface area contributed by atoms with Crippen LogP contribution < -0.4 is 5.32 Å². The minimum Gasteiger partial charge on any atom is -0.314 e. The molecule has 0 bridgehead atoms. The third kappa shape index (κ3) is 3.97. The van der Waals surface area contributed by atoms with Crippen molar-refractivity contribution in [1.29, 1.82) is 0 Å². The number of nitrogens with one attached hydrogen (secondary N) is 1. The van der Waals surface area contributed by atoms with Gasteiger partial charge < -0.3 is 5.32 Å². The maximum atomic E-state index is 13.3. The van der Waals surface area contributed by atoms with E-state index < -0.39 is 0 Å². The summed E-state index contributed by atoms with van der Waals surface area (Å²) < 4.78 is 13.3. The fourth-order valence-electron chi connectivity index (χ4n) is 1.98. The van der Waals surface area contributed by atoms with Gasteiger partial charge in [0, 0.05) is 6.04 Å². The Morgan fingerprint density at radius 1 is 1.47 bits per heavy atom. The fraction of sp³-hybridized carbons (Fsp3) is 0.571. The minimum atomic E-state index is -0.311. The lowest BCUT2D eigenvalue weighted by Gasteiger charge is -2.15. The molecular formula is C14H19ClFN. The lowest BCUT2D eigenvalue weighted by atomic mass is 9.97. The third-order valence-corrected chi connectivity index (χ3v) is 3.66. The summed E-state index contributed by atoms with van der Waals surface area (Å²) >= 11 is 5.67. The number of halogens is 2. The molecule has 1 fully saturated rings. The lowest BCUT2D eigenvalue weighted by molar-refractivity contribution is 0.457. The van der Waals surface area contributed by atoms with Gasteiger partial charge in [0.25, 0.3) is 0 Å². The molecule has 94 valence electrons. The van der Waals surface area contributed by atoms with E-state index in [9.17, 15) is 4.39 Å². The predicted molar refractivity (Wildman–Crippen MR) is 69.9 cm³/mol. The molecule has 1 aromatic carbocycles. The molecule has 1 nitrogen and oxygen atoms in total. The molecule has 1 atom stereocenters. The average Bonchev–Trinajstić information content (AvgIpc) is 3.13. The van der Waals surface area contributed by atoms with Gasteiger partial charge in [-0.1, -0.05) is 31.0 Å². The largest absolute Gasteiger partial charge is 0.314 e. The van der Waals surface area contributed by atoms with E-state index in [1.54, 1.807) is 12.1 Å². The first-order chi connectivity index (χ1) is 8.19. The highest BCUT2D eigenvalue weighted by Gasteiger charge is 2.21. The van der Waals surface area contributed by atoms with Gasteiger partial charge in [0.2, 0.25) is 0 Å². The molecule has 17 heavy (non-hydrogen) atoms. The van der Waals surface area contributed by atoms with Crippen molar-refractivity contribution in [2.75, 3.05) is 6.54 Å². The summed E-state index contributed by atoms with van der Waals surface area (Å²) in [6.07, 6.45) is 4.66. The summed E-state index contributed by atoms with van der Waals surface area (Å²) in [6.45, 7) is 3.22. The van der Waals surface area contributed by atoms with E-state index in [0.29, 0.717) is 5.92 Å². The molecule has 2 rings (SSSR count). The van der Waals surface area contributed by atoms with Crippen LogP contribution in [0.25, 0.3) is 0 Å². The van der Waals surface area contributed by atoms with Crippen molar-refractivity contribution in [2.45, 2.75) is 38.6 Å². The molecule has 0 radical (unpaired) electrons. The zero-order valence-electron chi connectivity index (χ0n) is 10.2. The van der Waals surface area contributed by atoms with Gasteiger partial charge in [0.1, 0.15) is 5.82 Å². The smallest absolute Gasteiger partial charge is 0.142 e. The van der Waals surface area contributed by atoms with E-state index in [4.69, 9.17) is 11.6 Å². The quantitative estimate of drug-likeness (QED) is 0.815. The van der Waals surface area contributed by atoms with Gasteiger partial charge in [-0.05, 0) is 49.4 Å². The van der Waals surface area contributed by atoms with Crippen LogP contribution >= 0.6 is 11.6 Å². The van der Waals surface area contributed by atoms with Gasteiger partial charge >= 0.3 is 0 Å². The van der Waals surface area contributed by atoms with E-state index in [1.807, 2.05) is 6.07 Å². The van der Waals surface area contributed by atoms with Gasteiger partial charge in [-0.2, -0.15) is 0 Å². The van der Waals surface area contributed by atoms with Crippen molar-refractivity contribution < 1.29 is 4.39 Å². The van der Waals surface area contributed by atoms with Crippen molar-refractivity contribution in [3.8, 4) is 0 Å². The Balaban J connectivity index is 1.89. The second-order valence-corrected chi connectivity index (χ2v) is 5.32. The Morgan fingerprint density at radius 2 is 2.24 bits per heavy atom. The van der Waals surface area contributed by atoms with Crippen LogP contribution in [0.1, 0.15) is 31.7 Å². The number of benzene rings is 1. The van der Waals surface area contributed by atoms with Crippen LogP contribution in [0.2, 0.25) is 5.02 Å². The summed E-state index contributed by atoms with van der Waals surface area (Å²) in [7, 11) is 0. The van der Waals surface area contributed by atoms with Crippen LogP contribution in [0.3, 0.4) is 0 Å². The molecule has 0 spiro atoms. The highest BCUT2D eigenvalue weighted by Crippen LogP contribution is 2.21. The van der Waals surface area contributed by atoms with Crippen molar-refractivity contribution in [3.63, 3.8) is 0 Å². The Bertz CT molecular complexity index is 376. The topological polar surface area (TPSA) is 12.0 Å². The van der Waals surface area contributed by atoms with E-state index in [-0.39, 0.29) is 10.8 Å². The van der Waals surface area contributed by atoms with Crippen molar-refractivity contribution in [3.05, 3.63) is 34.6 Å². The van der Waals surface area contributed by atoms with Gasteiger partial charge in [0.15, 0.2) is 0 Å². The van der Waals surface area contributed by atoms with Gasteiger partial charge in [-0.25, -0.2) is 4.39 Å². The van der Waals surface area contributed by atoms with E-state index >= 15 is 0 Å². The highest BCUT2D eigenvalue weighted by atomic mass is 35.5. The first kappa shape index (κ1) is 12.8. The highest BCUT2D eigenvalue weighted by molar-refractivity contribution is 6.30. The van der Waals surface area contributed by atoms with Crippen LogP contribution in [-0.2, 0) is 6.42 Å². The van der Waals surface area contributed by atoms with Crippen LogP contribution in [0.15, 0.2) is 18.2 Å². The first-order valence-corrected chi connectivity index (χ1v) is 6.74. The molecule has 0 aromatic heterocycles. The molecule has 1 saturated carbocycles. The van der Waals surface area contributed by atoms with Crippen LogP contribution in [-0.4, -0.2) is 12.6 Å². The summed E-state index contributed by atoms with van der Waals surface area (Å²) in [5.41, 5.74) is 1.04. The minimum absolute atomic E-state index is 0.206. The Labute approximate surface area is 107 Å². The summed E-state index contributed by atoms with van der Waals surface area (Å²) in [5, 5.41) is 3.74. The Hall–Kier alpha value is -0.600. The molecule has 1 N–H and O–H groups in total. The zero-order chi connectivity index (χ0) is 12.3. The third-order valence-electron chi connectivity index (χ3n) is 3.36. The Morgan fingerprint density at radius 3 is 2.82 bits per heavy atom. The summed E-state index contributed by atoms with van der Waals surface area (Å²) in [4.78, 5) is 0. The van der Waals surface area contributed by atoms with Gasteiger partial charge in [-0.3, -0.25) is 0 Å². The second kappa shape index (κ2) is 5.83. The predicted octanol–water partition coefficient (Wildman–Crippen LogP) is 3.80. The molecule has 3 heteroatoms.